The fourth-order valence-corrected chi connectivity index (χ4v) is 3.21. The number of hydrogen-bond acceptors (Lipinski definition) is 4. The summed E-state index contributed by atoms with van der Waals surface area (Å²) in [5.74, 6) is 1.69. The number of aryl methyl sites for hydroxylation is 1. The highest BCUT2D eigenvalue weighted by Gasteiger charge is 2.32. The van der Waals surface area contributed by atoms with E-state index in [1.54, 1.807) is 6.92 Å². The first-order chi connectivity index (χ1) is 10.8. The van der Waals surface area contributed by atoms with E-state index in [-0.39, 0.29) is 0 Å². The van der Waals surface area contributed by atoms with Gasteiger partial charge in [-0.3, -0.25) is 4.90 Å². The molecule has 0 aromatic carbocycles. The zero-order valence-electron chi connectivity index (χ0n) is 13.4. The summed E-state index contributed by atoms with van der Waals surface area (Å²) >= 11 is 6.13. The molecule has 1 aromatic rings. The fourth-order valence-electron chi connectivity index (χ4n) is 2.86. The number of likely N-dealkylation sites (tertiary alicyclic amines) is 1. The molecule has 0 atom stereocenters. The molecule has 1 aliphatic heterocycles. The minimum absolute atomic E-state index is 0.346. The van der Waals surface area contributed by atoms with Crippen molar-refractivity contribution in [2.24, 2.45) is 5.92 Å². The Morgan fingerprint density at radius 1 is 1.26 bits per heavy atom. The maximum Gasteiger partial charge on any atom is 0.401 e. The second kappa shape index (κ2) is 7.66. The Hall–Kier alpha value is -1.08. The van der Waals surface area contributed by atoms with E-state index in [0.717, 1.165) is 30.6 Å². The highest BCUT2D eigenvalue weighted by atomic mass is 35.5. The van der Waals surface area contributed by atoms with E-state index in [2.05, 4.69) is 15.3 Å². The maximum absolute atomic E-state index is 12.4. The zero-order valence-corrected chi connectivity index (χ0v) is 14.1. The van der Waals surface area contributed by atoms with Crippen LogP contribution in [0.4, 0.5) is 19.0 Å². The number of aromatic nitrogens is 2. The van der Waals surface area contributed by atoms with Gasteiger partial charge in [-0.2, -0.15) is 13.2 Å². The number of rotatable bonds is 5. The third-order valence-corrected chi connectivity index (χ3v) is 4.40. The fraction of sp³-hybridized carbons (Fsp3) is 0.733. The average Bonchev–Trinajstić information content (AvgIpc) is 2.44. The molecule has 1 N–H and O–H groups in total. The average molecular weight is 351 g/mol. The van der Waals surface area contributed by atoms with E-state index in [1.807, 2.05) is 6.92 Å². The van der Waals surface area contributed by atoms with Crippen molar-refractivity contribution in [1.29, 1.82) is 0 Å². The van der Waals surface area contributed by atoms with Gasteiger partial charge >= 0.3 is 6.18 Å². The van der Waals surface area contributed by atoms with Crippen LogP contribution in [0.2, 0.25) is 5.15 Å². The quantitative estimate of drug-likeness (QED) is 0.822. The van der Waals surface area contributed by atoms with Crippen LogP contribution in [0.15, 0.2) is 0 Å². The monoisotopic (exact) mass is 350 g/mol. The third kappa shape index (κ3) is 5.49. The van der Waals surface area contributed by atoms with E-state index in [1.165, 1.54) is 4.90 Å². The van der Waals surface area contributed by atoms with Gasteiger partial charge in [0.2, 0.25) is 0 Å². The van der Waals surface area contributed by atoms with Gasteiger partial charge in [0.1, 0.15) is 16.8 Å². The van der Waals surface area contributed by atoms with Crippen molar-refractivity contribution in [2.45, 2.75) is 39.3 Å². The Balaban J connectivity index is 1.86. The Morgan fingerprint density at radius 3 is 2.48 bits per heavy atom. The lowest BCUT2D eigenvalue weighted by Gasteiger charge is -2.32. The molecule has 8 heteroatoms. The van der Waals surface area contributed by atoms with Gasteiger partial charge in [0.05, 0.1) is 6.54 Å². The van der Waals surface area contributed by atoms with Gasteiger partial charge in [-0.15, -0.1) is 0 Å². The molecule has 2 rings (SSSR count). The van der Waals surface area contributed by atoms with Crippen molar-refractivity contribution in [1.82, 2.24) is 14.9 Å². The second-order valence-electron chi connectivity index (χ2n) is 5.96. The smallest absolute Gasteiger partial charge is 0.369 e. The first-order valence-corrected chi connectivity index (χ1v) is 8.22. The summed E-state index contributed by atoms with van der Waals surface area (Å²) in [5, 5.41) is 3.76. The molecule has 1 fully saturated rings. The molecule has 130 valence electrons. The van der Waals surface area contributed by atoms with Crippen LogP contribution in [-0.4, -0.2) is 47.2 Å². The number of alkyl halides is 3. The summed E-state index contributed by atoms with van der Waals surface area (Å²) in [6, 6.07) is 0. The zero-order chi connectivity index (χ0) is 17.0. The summed E-state index contributed by atoms with van der Waals surface area (Å²) in [6.45, 7) is 4.62. The van der Waals surface area contributed by atoms with Crippen LogP contribution in [0.5, 0.6) is 0 Å². The number of nitrogens with one attached hydrogen (secondary N) is 1. The number of halogens is 4. The van der Waals surface area contributed by atoms with Gasteiger partial charge in [-0.25, -0.2) is 9.97 Å². The Bertz CT molecular complexity index is 528. The Labute approximate surface area is 139 Å². The number of nitrogens with zero attached hydrogens (tertiary/aromatic N) is 3. The van der Waals surface area contributed by atoms with Crippen molar-refractivity contribution in [2.75, 3.05) is 31.5 Å². The molecule has 0 saturated carbocycles. The van der Waals surface area contributed by atoms with Gasteiger partial charge in [-0.05, 0) is 45.2 Å². The lowest BCUT2D eigenvalue weighted by atomic mass is 9.96. The Kier molecular flexibility index (Phi) is 6.08. The number of piperidine rings is 1. The van der Waals surface area contributed by atoms with Crippen LogP contribution in [0.25, 0.3) is 0 Å². The molecule has 4 nitrogen and oxygen atoms in total. The largest absolute Gasteiger partial charge is 0.401 e. The van der Waals surface area contributed by atoms with Crippen LogP contribution in [0.1, 0.15) is 31.2 Å². The Morgan fingerprint density at radius 2 is 1.91 bits per heavy atom. The minimum atomic E-state index is -4.11. The number of anilines is 1. The molecular formula is C15H22ClF3N4. The topological polar surface area (TPSA) is 41.1 Å². The van der Waals surface area contributed by atoms with Crippen molar-refractivity contribution in [3.05, 3.63) is 16.5 Å². The van der Waals surface area contributed by atoms with Crippen LogP contribution < -0.4 is 5.32 Å². The molecule has 0 spiro atoms. The van der Waals surface area contributed by atoms with Crippen molar-refractivity contribution in [3.63, 3.8) is 0 Å². The highest BCUT2D eigenvalue weighted by molar-refractivity contribution is 6.30. The molecule has 1 saturated heterocycles. The molecule has 0 bridgehead atoms. The molecular weight excluding hydrogens is 329 g/mol. The normalized spacial score (nSPS) is 17.5. The van der Waals surface area contributed by atoms with Gasteiger partial charge in [0.25, 0.3) is 0 Å². The van der Waals surface area contributed by atoms with Crippen LogP contribution in [-0.2, 0) is 6.42 Å². The van der Waals surface area contributed by atoms with E-state index < -0.39 is 12.7 Å². The summed E-state index contributed by atoms with van der Waals surface area (Å²) in [5.41, 5.74) is 0.881. The molecule has 2 heterocycles. The molecule has 0 aliphatic carbocycles. The van der Waals surface area contributed by atoms with E-state index in [4.69, 9.17) is 11.6 Å². The maximum atomic E-state index is 12.4. The highest BCUT2D eigenvalue weighted by Crippen LogP contribution is 2.25. The summed E-state index contributed by atoms with van der Waals surface area (Å²) in [7, 11) is 0. The lowest BCUT2D eigenvalue weighted by Crippen LogP contribution is -2.41. The molecule has 23 heavy (non-hydrogen) atoms. The van der Waals surface area contributed by atoms with Gasteiger partial charge in [-0.1, -0.05) is 18.5 Å². The van der Waals surface area contributed by atoms with Crippen LogP contribution >= 0.6 is 11.6 Å². The van der Waals surface area contributed by atoms with E-state index in [9.17, 15) is 13.2 Å². The standard InChI is InChI=1S/C15H22ClF3N4/c1-3-12-13(16)21-10(2)22-14(12)20-8-11-4-6-23(7-5-11)9-15(17,18)19/h11H,3-9H2,1-2H3,(H,20,21,22). The van der Waals surface area contributed by atoms with Crippen molar-refractivity contribution >= 4 is 17.4 Å². The summed E-state index contributed by atoms with van der Waals surface area (Å²) in [4.78, 5) is 10.0. The SMILES string of the molecule is CCc1c(Cl)nc(C)nc1NCC1CCN(CC(F)(F)F)CC1. The first-order valence-electron chi connectivity index (χ1n) is 7.84. The minimum Gasteiger partial charge on any atom is -0.369 e. The van der Waals surface area contributed by atoms with E-state index in [0.29, 0.717) is 36.5 Å². The molecule has 0 unspecified atom stereocenters. The van der Waals surface area contributed by atoms with Crippen LogP contribution in [0, 0.1) is 12.8 Å². The van der Waals surface area contributed by atoms with Crippen molar-refractivity contribution in [3.8, 4) is 0 Å². The van der Waals surface area contributed by atoms with Gasteiger partial charge in [0.15, 0.2) is 0 Å². The number of hydrogen-bond donors (Lipinski definition) is 1. The van der Waals surface area contributed by atoms with Gasteiger partial charge < -0.3 is 5.32 Å². The molecule has 0 amide bonds. The van der Waals surface area contributed by atoms with Gasteiger partial charge in [0, 0.05) is 12.1 Å². The summed E-state index contributed by atoms with van der Waals surface area (Å²) in [6.07, 6.45) is -1.88. The lowest BCUT2D eigenvalue weighted by molar-refractivity contribution is -0.148. The molecule has 0 radical (unpaired) electrons. The van der Waals surface area contributed by atoms with Crippen molar-refractivity contribution < 1.29 is 13.2 Å². The predicted molar refractivity (Wildman–Crippen MR) is 84.9 cm³/mol. The predicted octanol–water partition coefficient (Wildman–Crippen LogP) is 3.69. The van der Waals surface area contributed by atoms with Crippen LogP contribution in [0.3, 0.4) is 0 Å². The summed E-state index contributed by atoms with van der Waals surface area (Å²) < 4.78 is 37.2. The second-order valence-corrected chi connectivity index (χ2v) is 6.32. The third-order valence-electron chi connectivity index (χ3n) is 4.09. The van der Waals surface area contributed by atoms with E-state index >= 15 is 0 Å². The first kappa shape index (κ1) is 18.3. The molecule has 1 aliphatic rings. The molecule has 1 aromatic heterocycles.